The Balaban J connectivity index is 1.57. The van der Waals surface area contributed by atoms with Crippen LogP contribution in [0.25, 0.3) is 0 Å². The molecule has 5 nitrogen and oxygen atoms in total. The number of nitrogens with one attached hydrogen (secondary N) is 1. The molecule has 3 aromatic rings. The first-order valence-corrected chi connectivity index (χ1v) is 9.83. The highest BCUT2D eigenvalue weighted by Gasteiger charge is 2.13. The van der Waals surface area contributed by atoms with Crippen molar-refractivity contribution >= 4 is 28.5 Å². The molecule has 2 aromatic carbocycles. The molecule has 1 amide bonds. The van der Waals surface area contributed by atoms with Crippen LogP contribution in [0, 0.1) is 17.4 Å². The van der Waals surface area contributed by atoms with Crippen molar-refractivity contribution in [2.24, 2.45) is 0 Å². The average Bonchev–Trinajstić information content (AvgIpc) is 2.93. The van der Waals surface area contributed by atoms with Crippen LogP contribution in [0.15, 0.2) is 54.6 Å². The smallest absolute Gasteiger partial charge is 0.258 e. The zero-order chi connectivity index (χ0) is 19.2. The topological polar surface area (TPSA) is 56.2 Å². The Morgan fingerprint density at radius 1 is 1.11 bits per heavy atom. The second kappa shape index (κ2) is 9.03. The first kappa shape index (κ1) is 19.4. The standard InChI is InChI=1S/C21H22IN3O2/c1-15-18(16(2)25(24-15)13-17-8-4-3-5-9-17)12-23-21(26)14-27-20-11-7-6-10-19(20)22/h3-11H,12-14H2,1-2H3,(H,23,26). The third-order valence-corrected chi connectivity index (χ3v) is 5.26. The molecule has 0 unspecified atom stereocenters. The Morgan fingerprint density at radius 3 is 2.56 bits per heavy atom. The van der Waals surface area contributed by atoms with Crippen molar-refractivity contribution in [3.63, 3.8) is 0 Å². The van der Waals surface area contributed by atoms with Crippen molar-refractivity contribution in [2.75, 3.05) is 6.61 Å². The predicted molar refractivity (Wildman–Crippen MR) is 114 cm³/mol. The minimum atomic E-state index is -0.149. The largest absolute Gasteiger partial charge is 0.483 e. The van der Waals surface area contributed by atoms with E-state index in [1.54, 1.807) is 0 Å². The molecule has 0 aliphatic rings. The number of hydrogen-bond donors (Lipinski definition) is 1. The monoisotopic (exact) mass is 475 g/mol. The van der Waals surface area contributed by atoms with Gasteiger partial charge in [0.25, 0.3) is 5.91 Å². The minimum Gasteiger partial charge on any atom is -0.483 e. The van der Waals surface area contributed by atoms with Crippen LogP contribution in [-0.2, 0) is 17.9 Å². The summed E-state index contributed by atoms with van der Waals surface area (Å²) in [6, 6.07) is 17.9. The number of nitrogens with zero attached hydrogens (tertiary/aromatic N) is 2. The van der Waals surface area contributed by atoms with E-state index in [0.29, 0.717) is 6.54 Å². The third-order valence-electron chi connectivity index (χ3n) is 4.36. The van der Waals surface area contributed by atoms with Crippen molar-refractivity contribution in [3.8, 4) is 5.75 Å². The Hall–Kier alpha value is -2.35. The van der Waals surface area contributed by atoms with Gasteiger partial charge in [0.15, 0.2) is 6.61 Å². The molecule has 0 aliphatic carbocycles. The molecular formula is C21H22IN3O2. The van der Waals surface area contributed by atoms with Crippen LogP contribution in [0.4, 0.5) is 0 Å². The highest BCUT2D eigenvalue weighted by atomic mass is 127. The van der Waals surface area contributed by atoms with Crippen LogP contribution < -0.4 is 10.1 Å². The maximum Gasteiger partial charge on any atom is 0.258 e. The molecule has 0 aliphatic heterocycles. The van der Waals surface area contributed by atoms with Gasteiger partial charge in [0, 0.05) is 17.8 Å². The summed E-state index contributed by atoms with van der Waals surface area (Å²) in [5.41, 5.74) is 4.25. The third kappa shape index (κ3) is 5.09. The number of aromatic nitrogens is 2. The first-order valence-electron chi connectivity index (χ1n) is 8.75. The van der Waals surface area contributed by atoms with Gasteiger partial charge in [0.1, 0.15) is 5.75 Å². The summed E-state index contributed by atoms with van der Waals surface area (Å²) in [7, 11) is 0. The molecule has 1 aromatic heterocycles. The van der Waals surface area contributed by atoms with Crippen LogP contribution in [0.2, 0.25) is 0 Å². The molecule has 0 spiro atoms. The molecule has 0 atom stereocenters. The molecule has 0 fully saturated rings. The van der Waals surface area contributed by atoms with Crippen LogP contribution >= 0.6 is 22.6 Å². The van der Waals surface area contributed by atoms with E-state index in [4.69, 9.17) is 4.74 Å². The Bertz CT molecular complexity index is 922. The van der Waals surface area contributed by atoms with Crippen LogP contribution in [0.3, 0.4) is 0 Å². The van der Waals surface area contributed by atoms with Gasteiger partial charge in [-0.1, -0.05) is 42.5 Å². The molecule has 1 heterocycles. The lowest BCUT2D eigenvalue weighted by Crippen LogP contribution is -2.29. The summed E-state index contributed by atoms with van der Waals surface area (Å²) in [5.74, 6) is 0.570. The number of hydrogen-bond acceptors (Lipinski definition) is 3. The summed E-state index contributed by atoms with van der Waals surface area (Å²) < 4.78 is 8.56. The summed E-state index contributed by atoms with van der Waals surface area (Å²) in [6.45, 7) is 5.17. The predicted octanol–water partition coefficient (Wildman–Crippen LogP) is 3.85. The van der Waals surface area contributed by atoms with E-state index < -0.39 is 0 Å². The van der Waals surface area contributed by atoms with Crippen LogP contribution in [-0.4, -0.2) is 22.3 Å². The number of halogens is 1. The quantitative estimate of drug-likeness (QED) is 0.529. The van der Waals surface area contributed by atoms with Gasteiger partial charge in [-0.15, -0.1) is 0 Å². The molecule has 140 valence electrons. The normalized spacial score (nSPS) is 10.6. The molecule has 27 heavy (non-hydrogen) atoms. The molecule has 3 rings (SSSR count). The summed E-state index contributed by atoms with van der Waals surface area (Å²) >= 11 is 2.19. The van der Waals surface area contributed by atoms with E-state index in [9.17, 15) is 4.79 Å². The average molecular weight is 475 g/mol. The number of carbonyl (C=O) groups excluding carboxylic acids is 1. The van der Waals surface area contributed by atoms with E-state index in [1.807, 2.05) is 61.0 Å². The van der Waals surface area contributed by atoms with Gasteiger partial charge in [-0.2, -0.15) is 5.10 Å². The van der Waals surface area contributed by atoms with Gasteiger partial charge < -0.3 is 10.1 Å². The van der Waals surface area contributed by atoms with Crippen molar-refractivity contribution in [1.29, 1.82) is 0 Å². The van der Waals surface area contributed by atoms with Crippen molar-refractivity contribution in [3.05, 3.63) is 80.7 Å². The van der Waals surface area contributed by atoms with Gasteiger partial charge in [-0.05, 0) is 54.1 Å². The van der Waals surface area contributed by atoms with Gasteiger partial charge in [-0.3, -0.25) is 9.48 Å². The highest BCUT2D eigenvalue weighted by molar-refractivity contribution is 14.1. The van der Waals surface area contributed by atoms with Gasteiger partial charge in [0.2, 0.25) is 0 Å². The molecule has 0 saturated heterocycles. The number of ether oxygens (including phenoxy) is 1. The zero-order valence-electron chi connectivity index (χ0n) is 15.4. The first-order chi connectivity index (χ1) is 13.0. The maximum atomic E-state index is 12.2. The Morgan fingerprint density at radius 2 is 1.81 bits per heavy atom. The number of aryl methyl sites for hydroxylation is 1. The van der Waals surface area contributed by atoms with Crippen LogP contribution in [0.1, 0.15) is 22.5 Å². The summed E-state index contributed by atoms with van der Waals surface area (Å²) in [5, 5.41) is 7.55. The summed E-state index contributed by atoms with van der Waals surface area (Å²) in [4.78, 5) is 12.2. The molecule has 0 saturated carbocycles. The number of para-hydroxylation sites is 1. The molecule has 1 N–H and O–H groups in total. The molecule has 0 bridgehead atoms. The van der Waals surface area contributed by atoms with E-state index in [1.165, 1.54) is 5.56 Å². The Labute approximate surface area is 172 Å². The van der Waals surface area contributed by atoms with E-state index in [2.05, 4.69) is 45.1 Å². The second-order valence-electron chi connectivity index (χ2n) is 6.29. The van der Waals surface area contributed by atoms with Gasteiger partial charge >= 0.3 is 0 Å². The minimum absolute atomic E-state index is 0.00371. The fourth-order valence-electron chi connectivity index (χ4n) is 2.84. The lowest BCUT2D eigenvalue weighted by molar-refractivity contribution is -0.123. The van der Waals surface area contributed by atoms with E-state index in [0.717, 1.165) is 32.8 Å². The molecular weight excluding hydrogens is 453 g/mol. The van der Waals surface area contributed by atoms with Crippen molar-refractivity contribution in [2.45, 2.75) is 26.9 Å². The fraction of sp³-hybridized carbons (Fsp3) is 0.238. The lowest BCUT2D eigenvalue weighted by Gasteiger charge is -2.09. The van der Waals surface area contributed by atoms with Gasteiger partial charge in [-0.25, -0.2) is 0 Å². The lowest BCUT2D eigenvalue weighted by atomic mass is 10.2. The molecule has 6 heteroatoms. The zero-order valence-corrected chi connectivity index (χ0v) is 17.6. The fourth-order valence-corrected chi connectivity index (χ4v) is 3.39. The van der Waals surface area contributed by atoms with E-state index in [-0.39, 0.29) is 12.5 Å². The Kier molecular flexibility index (Phi) is 6.49. The van der Waals surface area contributed by atoms with Crippen LogP contribution in [0.5, 0.6) is 5.75 Å². The summed E-state index contributed by atoms with van der Waals surface area (Å²) in [6.07, 6.45) is 0. The maximum absolute atomic E-state index is 12.2. The van der Waals surface area contributed by atoms with E-state index >= 15 is 0 Å². The number of carbonyl (C=O) groups is 1. The number of rotatable bonds is 7. The van der Waals surface area contributed by atoms with Crippen molar-refractivity contribution in [1.82, 2.24) is 15.1 Å². The number of amides is 1. The number of benzene rings is 2. The second-order valence-corrected chi connectivity index (χ2v) is 7.45. The van der Waals surface area contributed by atoms with Gasteiger partial charge in [0.05, 0.1) is 15.8 Å². The highest BCUT2D eigenvalue weighted by Crippen LogP contribution is 2.19. The molecule has 0 radical (unpaired) electrons. The SMILES string of the molecule is Cc1nn(Cc2ccccc2)c(C)c1CNC(=O)COc1ccccc1I. The van der Waals surface area contributed by atoms with Crippen molar-refractivity contribution < 1.29 is 9.53 Å².